The van der Waals surface area contributed by atoms with Crippen molar-refractivity contribution in [2.24, 2.45) is 4.99 Å². The van der Waals surface area contributed by atoms with Gasteiger partial charge in [-0.1, -0.05) is 140 Å². The summed E-state index contributed by atoms with van der Waals surface area (Å²) in [7, 11) is 0. The summed E-state index contributed by atoms with van der Waals surface area (Å²) in [4.78, 5) is 5.37. The lowest BCUT2D eigenvalue weighted by Gasteiger charge is -2.28. The summed E-state index contributed by atoms with van der Waals surface area (Å²) in [6.45, 7) is 0. The van der Waals surface area contributed by atoms with Gasteiger partial charge in [0.25, 0.3) is 0 Å². The van der Waals surface area contributed by atoms with Crippen LogP contribution in [0.5, 0.6) is 0 Å². The monoisotopic (exact) mass is 690 g/mol. The molecule has 2 aromatic heterocycles. The molecule has 0 spiro atoms. The Balaban J connectivity index is 0.980. The van der Waals surface area contributed by atoms with Crippen LogP contribution in [0.4, 0.5) is 5.69 Å². The van der Waals surface area contributed by atoms with Gasteiger partial charge in [0, 0.05) is 44.0 Å². The summed E-state index contributed by atoms with van der Waals surface area (Å²) in [5, 5.41) is 8.70. The maximum absolute atomic E-state index is 5.37. The third-order valence-corrected chi connectivity index (χ3v) is 11.0. The Labute approximate surface area is 312 Å². The number of anilines is 1. The molecule has 11 rings (SSSR count). The first kappa shape index (κ1) is 30.5. The molecule has 0 aliphatic carbocycles. The molecular weight excluding hydrogens is 657 g/mol. The van der Waals surface area contributed by atoms with Crippen molar-refractivity contribution in [2.45, 2.75) is 6.29 Å². The lowest BCUT2D eigenvalue weighted by atomic mass is 9.98. The molecule has 1 aliphatic heterocycles. The quantitative estimate of drug-likeness (QED) is 0.192. The van der Waals surface area contributed by atoms with E-state index in [-0.39, 0.29) is 6.29 Å². The smallest absolute Gasteiger partial charge is 0.201 e. The highest BCUT2D eigenvalue weighted by Crippen LogP contribution is 2.39. The zero-order valence-corrected chi connectivity index (χ0v) is 29.4. The molecule has 54 heavy (non-hydrogen) atoms. The van der Waals surface area contributed by atoms with Crippen molar-refractivity contribution in [1.82, 2.24) is 9.13 Å². The summed E-state index contributed by atoms with van der Waals surface area (Å²) in [6.07, 6.45) is -0.304. The molecule has 4 nitrogen and oxygen atoms in total. The SMILES string of the molecule is c1ccc(C2=NC(n3c4ccccc4c4cc(-c5ccc(-c6ccc7c(c6)c6ccccc6n7-c6ccccc6)cc5)ccc43)Nc3ccccc32)cc1. The van der Waals surface area contributed by atoms with Gasteiger partial charge in [-0.2, -0.15) is 0 Å². The molecule has 1 aliphatic rings. The van der Waals surface area contributed by atoms with Crippen molar-refractivity contribution in [3.63, 3.8) is 0 Å². The molecule has 0 saturated heterocycles. The molecule has 1 atom stereocenters. The number of aromatic nitrogens is 2. The van der Waals surface area contributed by atoms with Crippen LogP contribution in [0.1, 0.15) is 17.4 Å². The van der Waals surface area contributed by atoms with Crippen molar-refractivity contribution in [3.8, 4) is 27.9 Å². The number of rotatable bonds is 5. The van der Waals surface area contributed by atoms with Crippen LogP contribution in [0.2, 0.25) is 0 Å². The molecule has 3 heterocycles. The van der Waals surface area contributed by atoms with Crippen molar-refractivity contribution < 1.29 is 0 Å². The van der Waals surface area contributed by atoms with Crippen LogP contribution >= 0.6 is 0 Å². The van der Waals surface area contributed by atoms with Crippen LogP contribution < -0.4 is 5.32 Å². The van der Waals surface area contributed by atoms with Gasteiger partial charge in [-0.05, 0) is 76.9 Å². The molecule has 1 N–H and O–H groups in total. The topological polar surface area (TPSA) is 34.2 Å². The maximum atomic E-state index is 5.37. The Morgan fingerprint density at radius 1 is 0.389 bits per heavy atom. The van der Waals surface area contributed by atoms with E-state index in [0.29, 0.717) is 0 Å². The van der Waals surface area contributed by atoms with Crippen LogP contribution in [0.25, 0.3) is 71.6 Å². The minimum absolute atomic E-state index is 0.304. The minimum Gasteiger partial charge on any atom is -0.346 e. The highest BCUT2D eigenvalue weighted by Gasteiger charge is 2.25. The zero-order valence-electron chi connectivity index (χ0n) is 29.4. The van der Waals surface area contributed by atoms with Crippen molar-refractivity contribution in [3.05, 3.63) is 205 Å². The van der Waals surface area contributed by atoms with E-state index < -0.39 is 0 Å². The zero-order chi connectivity index (χ0) is 35.6. The Morgan fingerprint density at radius 3 is 1.61 bits per heavy atom. The Morgan fingerprint density at radius 2 is 0.889 bits per heavy atom. The van der Waals surface area contributed by atoms with E-state index in [2.05, 4.69) is 209 Å². The van der Waals surface area contributed by atoms with Gasteiger partial charge in [0.2, 0.25) is 6.29 Å². The Hall–Kier alpha value is -7.17. The van der Waals surface area contributed by atoms with Crippen LogP contribution in [-0.2, 0) is 0 Å². The third-order valence-electron chi connectivity index (χ3n) is 11.0. The molecule has 8 aromatic carbocycles. The van der Waals surface area contributed by atoms with Gasteiger partial charge in [0.15, 0.2) is 0 Å². The average molecular weight is 691 g/mol. The fourth-order valence-corrected chi connectivity index (χ4v) is 8.44. The molecule has 10 aromatic rings. The second-order valence-electron chi connectivity index (χ2n) is 14.0. The Bertz CT molecular complexity index is 3060. The van der Waals surface area contributed by atoms with E-state index in [1.54, 1.807) is 0 Å². The normalized spacial score (nSPS) is 14.0. The number of nitrogens with zero attached hydrogens (tertiary/aromatic N) is 3. The number of hydrogen-bond donors (Lipinski definition) is 1. The molecule has 254 valence electrons. The van der Waals surface area contributed by atoms with E-state index in [4.69, 9.17) is 4.99 Å². The van der Waals surface area contributed by atoms with E-state index in [9.17, 15) is 0 Å². The van der Waals surface area contributed by atoms with E-state index in [1.165, 1.54) is 60.5 Å². The number of nitrogens with one attached hydrogen (secondary N) is 1. The van der Waals surface area contributed by atoms with E-state index >= 15 is 0 Å². The van der Waals surface area contributed by atoms with Gasteiger partial charge in [-0.15, -0.1) is 0 Å². The van der Waals surface area contributed by atoms with Gasteiger partial charge in [0.1, 0.15) is 0 Å². The lowest BCUT2D eigenvalue weighted by molar-refractivity contribution is 0.624. The standard InChI is InChI=1S/C50H34N4/c1-3-13-35(14-4-1)49-41-19-7-10-20-44(41)51-50(52-49)54-46-22-12-9-18-40(46)43-32-37(28-30-48(43)54)34-25-23-33(24-26-34)36-27-29-47-42(31-36)39-17-8-11-21-45(39)53(47)38-15-5-2-6-16-38/h1-32,50-51H. The molecule has 1 unspecified atom stereocenters. The molecule has 0 saturated carbocycles. The van der Waals surface area contributed by atoms with Gasteiger partial charge >= 0.3 is 0 Å². The van der Waals surface area contributed by atoms with Gasteiger partial charge in [-0.25, -0.2) is 4.99 Å². The van der Waals surface area contributed by atoms with Gasteiger partial charge in [0.05, 0.1) is 27.8 Å². The van der Waals surface area contributed by atoms with Crippen LogP contribution in [0.15, 0.2) is 199 Å². The Kier molecular flexibility index (Phi) is 6.89. The number of aliphatic imine (C=N–C) groups is 1. The first-order valence-electron chi connectivity index (χ1n) is 18.5. The number of fused-ring (bicyclic) bond motifs is 7. The fourth-order valence-electron chi connectivity index (χ4n) is 8.44. The largest absolute Gasteiger partial charge is 0.346 e. The van der Waals surface area contributed by atoms with Crippen LogP contribution in [-0.4, -0.2) is 14.8 Å². The molecule has 0 amide bonds. The third kappa shape index (κ3) is 4.81. The summed E-state index contributed by atoms with van der Waals surface area (Å²) < 4.78 is 4.71. The summed E-state index contributed by atoms with van der Waals surface area (Å²) in [5.41, 5.74) is 15.0. The first-order chi connectivity index (χ1) is 26.8. The highest BCUT2D eigenvalue weighted by molar-refractivity contribution is 6.17. The van der Waals surface area contributed by atoms with Crippen molar-refractivity contribution >= 4 is 55.0 Å². The number of para-hydroxylation sites is 4. The number of hydrogen-bond acceptors (Lipinski definition) is 2. The summed E-state index contributed by atoms with van der Waals surface area (Å²) in [5.74, 6) is 0. The van der Waals surface area contributed by atoms with Crippen LogP contribution in [0.3, 0.4) is 0 Å². The predicted molar refractivity (Wildman–Crippen MR) is 226 cm³/mol. The molecule has 4 heteroatoms. The molecule has 0 radical (unpaired) electrons. The molecular formula is C50H34N4. The highest BCUT2D eigenvalue weighted by atomic mass is 15.3. The fraction of sp³-hybridized carbons (Fsp3) is 0.0200. The summed E-state index contributed by atoms with van der Waals surface area (Å²) in [6, 6.07) is 69.7. The first-order valence-corrected chi connectivity index (χ1v) is 18.5. The summed E-state index contributed by atoms with van der Waals surface area (Å²) >= 11 is 0. The van der Waals surface area contributed by atoms with Crippen molar-refractivity contribution in [2.75, 3.05) is 5.32 Å². The maximum Gasteiger partial charge on any atom is 0.201 e. The van der Waals surface area contributed by atoms with Crippen LogP contribution in [0, 0.1) is 0 Å². The molecule has 0 fully saturated rings. The van der Waals surface area contributed by atoms with Gasteiger partial charge in [-0.3, -0.25) is 0 Å². The minimum atomic E-state index is -0.304. The second kappa shape index (κ2) is 12.2. The van der Waals surface area contributed by atoms with Crippen molar-refractivity contribution in [1.29, 1.82) is 0 Å². The average Bonchev–Trinajstić information content (AvgIpc) is 3.76. The number of benzene rings is 8. The van der Waals surface area contributed by atoms with E-state index in [1.807, 2.05) is 0 Å². The lowest BCUT2D eigenvalue weighted by Crippen LogP contribution is -2.24. The van der Waals surface area contributed by atoms with Gasteiger partial charge < -0.3 is 14.5 Å². The predicted octanol–water partition coefficient (Wildman–Crippen LogP) is 12.6. The second-order valence-corrected chi connectivity index (χ2v) is 14.0. The molecule has 0 bridgehead atoms. The van der Waals surface area contributed by atoms with E-state index in [0.717, 1.165) is 33.6 Å².